The minimum atomic E-state index is 0.423. The van der Waals surface area contributed by atoms with E-state index in [4.69, 9.17) is 0 Å². The number of aryl methyl sites for hydroxylation is 1. The zero-order chi connectivity index (χ0) is 10.7. The summed E-state index contributed by atoms with van der Waals surface area (Å²) in [6.45, 7) is 2.13. The Kier molecular flexibility index (Phi) is 3.60. The number of alkyl halides is 1. The van der Waals surface area contributed by atoms with E-state index in [9.17, 15) is 0 Å². The van der Waals surface area contributed by atoms with Gasteiger partial charge in [0.05, 0.1) is 0 Å². The first kappa shape index (κ1) is 10.9. The van der Waals surface area contributed by atoms with E-state index < -0.39 is 0 Å². The molecule has 2 aromatic rings. The van der Waals surface area contributed by atoms with Gasteiger partial charge in [-0.1, -0.05) is 45.8 Å². The van der Waals surface area contributed by atoms with Crippen LogP contribution in [0.5, 0.6) is 0 Å². The Morgan fingerprint density at radius 1 is 1.33 bits per heavy atom. The maximum Gasteiger partial charge on any atom is 0.0436 e. The van der Waals surface area contributed by atoms with Gasteiger partial charge in [-0.2, -0.15) is 11.3 Å². The van der Waals surface area contributed by atoms with Gasteiger partial charge in [0.15, 0.2) is 0 Å². The van der Waals surface area contributed by atoms with Crippen LogP contribution in [0.4, 0.5) is 0 Å². The molecule has 2 rings (SSSR count). The number of hydrogen-bond donors (Lipinski definition) is 0. The van der Waals surface area contributed by atoms with Crippen LogP contribution in [0, 0.1) is 6.92 Å². The zero-order valence-corrected chi connectivity index (χ0v) is 11.0. The lowest BCUT2D eigenvalue weighted by Gasteiger charge is -2.09. The Morgan fingerprint density at radius 2 is 2.20 bits per heavy atom. The van der Waals surface area contributed by atoms with E-state index in [2.05, 4.69) is 63.9 Å². The highest BCUT2D eigenvalue weighted by Crippen LogP contribution is 2.28. The highest BCUT2D eigenvalue weighted by Gasteiger charge is 2.08. The van der Waals surface area contributed by atoms with Crippen LogP contribution in [0.25, 0.3) is 0 Å². The molecule has 0 N–H and O–H groups in total. The van der Waals surface area contributed by atoms with Crippen molar-refractivity contribution in [3.05, 3.63) is 57.8 Å². The normalized spacial score (nSPS) is 12.7. The molecular formula is C13H13BrS. The Bertz CT molecular complexity index is 420. The molecule has 0 saturated heterocycles. The Morgan fingerprint density at radius 3 is 2.87 bits per heavy atom. The van der Waals surface area contributed by atoms with Gasteiger partial charge in [-0.25, -0.2) is 0 Å². The number of halogens is 1. The van der Waals surface area contributed by atoms with Crippen LogP contribution >= 0.6 is 27.3 Å². The first-order chi connectivity index (χ1) is 7.25. The Labute approximate surface area is 103 Å². The number of benzene rings is 1. The van der Waals surface area contributed by atoms with Gasteiger partial charge < -0.3 is 0 Å². The average Bonchev–Trinajstić information content (AvgIpc) is 2.70. The predicted molar refractivity (Wildman–Crippen MR) is 70.9 cm³/mol. The van der Waals surface area contributed by atoms with Crippen LogP contribution in [0.15, 0.2) is 41.1 Å². The maximum absolute atomic E-state index is 3.75. The second-order valence-electron chi connectivity index (χ2n) is 3.72. The number of rotatable bonds is 3. The molecule has 2 heteroatoms. The van der Waals surface area contributed by atoms with E-state index >= 15 is 0 Å². The molecule has 1 heterocycles. The van der Waals surface area contributed by atoms with E-state index in [0.29, 0.717) is 4.83 Å². The summed E-state index contributed by atoms with van der Waals surface area (Å²) in [6.07, 6.45) is 1.06. The van der Waals surface area contributed by atoms with Crippen molar-refractivity contribution in [2.75, 3.05) is 0 Å². The van der Waals surface area contributed by atoms with E-state index in [1.165, 1.54) is 16.7 Å². The van der Waals surface area contributed by atoms with E-state index in [1.807, 2.05) is 0 Å². The molecule has 0 amide bonds. The van der Waals surface area contributed by atoms with Gasteiger partial charge in [0, 0.05) is 4.83 Å². The van der Waals surface area contributed by atoms with E-state index in [1.54, 1.807) is 11.3 Å². The monoisotopic (exact) mass is 280 g/mol. The van der Waals surface area contributed by atoms with Crippen molar-refractivity contribution in [2.45, 2.75) is 18.2 Å². The topological polar surface area (TPSA) is 0 Å². The molecule has 78 valence electrons. The minimum absolute atomic E-state index is 0.423. The number of thiophene rings is 1. The van der Waals surface area contributed by atoms with Crippen LogP contribution in [0.1, 0.15) is 21.5 Å². The second-order valence-corrected chi connectivity index (χ2v) is 5.60. The molecule has 0 bridgehead atoms. The molecule has 0 aliphatic heterocycles. The summed E-state index contributed by atoms with van der Waals surface area (Å²) in [5.74, 6) is 0. The molecule has 0 radical (unpaired) electrons. The fourth-order valence-corrected chi connectivity index (χ4v) is 2.94. The smallest absolute Gasteiger partial charge is 0.0436 e. The molecule has 0 aliphatic rings. The lowest BCUT2D eigenvalue weighted by molar-refractivity contribution is 0.952. The predicted octanol–water partition coefficient (Wildman–Crippen LogP) is 4.74. The molecule has 1 aromatic heterocycles. The van der Waals surface area contributed by atoms with Crippen molar-refractivity contribution in [3.63, 3.8) is 0 Å². The van der Waals surface area contributed by atoms with Crippen molar-refractivity contribution >= 4 is 27.3 Å². The lowest BCUT2D eigenvalue weighted by atomic mass is 10.0. The third-order valence-corrected chi connectivity index (χ3v) is 3.98. The Hall–Kier alpha value is -0.600. The summed E-state index contributed by atoms with van der Waals surface area (Å²) in [6, 6.07) is 10.9. The van der Waals surface area contributed by atoms with Crippen LogP contribution in [-0.4, -0.2) is 0 Å². The lowest BCUT2D eigenvalue weighted by Crippen LogP contribution is -1.94. The van der Waals surface area contributed by atoms with Crippen molar-refractivity contribution in [3.8, 4) is 0 Å². The van der Waals surface area contributed by atoms with Gasteiger partial charge in [-0.15, -0.1) is 0 Å². The molecule has 1 atom stereocenters. The highest BCUT2D eigenvalue weighted by molar-refractivity contribution is 9.09. The summed E-state index contributed by atoms with van der Waals surface area (Å²) in [7, 11) is 0. The van der Waals surface area contributed by atoms with Crippen molar-refractivity contribution in [1.82, 2.24) is 0 Å². The van der Waals surface area contributed by atoms with Crippen molar-refractivity contribution < 1.29 is 0 Å². The second kappa shape index (κ2) is 4.95. The average molecular weight is 281 g/mol. The van der Waals surface area contributed by atoms with Crippen LogP contribution < -0.4 is 0 Å². The third-order valence-electron chi connectivity index (χ3n) is 2.40. The number of hydrogen-bond acceptors (Lipinski definition) is 1. The fourth-order valence-electron chi connectivity index (χ4n) is 1.60. The Balaban J connectivity index is 2.11. The molecule has 0 spiro atoms. The van der Waals surface area contributed by atoms with Crippen LogP contribution in [0.2, 0.25) is 0 Å². The third kappa shape index (κ3) is 2.93. The SMILES string of the molecule is Cc1cccc(C(Br)Cc2ccsc2)c1. The van der Waals surface area contributed by atoms with Crippen molar-refractivity contribution in [2.24, 2.45) is 0 Å². The highest BCUT2D eigenvalue weighted by atomic mass is 79.9. The van der Waals surface area contributed by atoms with E-state index in [0.717, 1.165) is 6.42 Å². The van der Waals surface area contributed by atoms with Gasteiger partial charge in [-0.05, 0) is 41.3 Å². The molecule has 1 unspecified atom stereocenters. The minimum Gasteiger partial charge on any atom is -0.152 e. The molecule has 0 saturated carbocycles. The largest absolute Gasteiger partial charge is 0.152 e. The summed E-state index contributed by atoms with van der Waals surface area (Å²) in [5.41, 5.74) is 4.09. The van der Waals surface area contributed by atoms with Crippen LogP contribution in [0.3, 0.4) is 0 Å². The molecule has 1 aromatic carbocycles. The maximum atomic E-state index is 3.75. The van der Waals surface area contributed by atoms with Crippen LogP contribution in [-0.2, 0) is 6.42 Å². The molecular weight excluding hydrogens is 268 g/mol. The molecule has 0 aliphatic carbocycles. The first-order valence-electron chi connectivity index (χ1n) is 4.97. The van der Waals surface area contributed by atoms with Gasteiger partial charge in [0.1, 0.15) is 0 Å². The summed E-state index contributed by atoms with van der Waals surface area (Å²) in [4.78, 5) is 0.423. The quantitative estimate of drug-likeness (QED) is 0.713. The van der Waals surface area contributed by atoms with Gasteiger partial charge >= 0.3 is 0 Å². The van der Waals surface area contributed by atoms with E-state index in [-0.39, 0.29) is 0 Å². The van der Waals surface area contributed by atoms with Crippen molar-refractivity contribution in [1.29, 1.82) is 0 Å². The standard InChI is InChI=1S/C13H13BrS/c1-10-3-2-4-12(7-10)13(14)8-11-5-6-15-9-11/h2-7,9,13H,8H2,1H3. The fraction of sp³-hybridized carbons (Fsp3) is 0.231. The molecule has 15 heavy (non-hydrogen) atoms. The molecule has 0 fully saturated rings. The first-order valence-corrected chi connectivity index (χ1v) is 6.83. The summed E-state index contributed by atoms with van der Waals surface area (Å²) in [5, 5.41) is 4.34. The van der Waals surface area contributed by atoms with Gasteiger partial charge in [0.25, 0.3) is 0 Å². The molecule has 0 nitrogen and oxygen atoms in total. The summed E-state index contributed by atoms with van der Waals surface area (Å²) < 4.78 is 0. The van der Waals surface area contributed by atoms with Gasteiger partial charge in [0.2, 0.25) is 0 Å². The summed E-state index contributed by atoms with van der Waals surface area (Å²) >= 11 is 5.51. The zero-order valence-electron chi connectivity index (χ0n) is 8.61. The van der Waals surface area contributed by atoms with Gasteiger partial charge in [-0.3, -0.25) is 0 Å².